The minimum atomic E-state index is -0.588. The van der Waals surface area contributed by atoms with Gasteiger partial charge >= 0.3 is 6.09 Å². The van der Waals surface area contributed by atoms with Crippen LogP contribution in [0.25, 0.3) is 0 Å². The molecule has 0 aromatic heterocycles. The third kappa shape index (κ3) is 6.96. The van der Waals surface area contributed by atoms with Gasteiger partial charge in [-0.2, -0.15) is 0 Å². The van der Waals surface area contributed by atoms with Gasteiger partial charge in [-0.15, -0.1) is 0 Å². The number of rotatable bonds is 7. The average Bonchev–Trinajstić information content (AvgIpc) is 2.78. The zero-order valence-electron chi connectivity index (χ0n) is 19.9. The van der Waals surface area contributed by atoms with Crippen molar-refractivity contribution in [2.45, 2.75) is 64.8 Å². The fourth-order valence-corrected chi connectivity index (χ4v) is 3.67. The first-order valence-corrected chi connectivity index (χ1v) is 11.4. The summed E-state index contributed by atoms with van der Waals surface area (Å²) in [5.74, 6) is 0.154. The second-order valence-corrected chi connectivity index (χ2v) is 9.37. The number of amides is 1. The fraction of sp³-hybridized carbons (Fsp3) is 0.462. The predicted molar refractivity (Wildman–Crippen MR) is 128 cm³/mol. The number of benzene rings is 2. The second kappa shape index (κ2) is 10.7. The highest BCUT2D eigenvalue weighted by atomic mass is 16.7. The highest BCUT2D eigenvalue weighted by molar-refractivity contribution is 6.12. The number of carbonyl (C=O) groups is 2. The van der Waals surface area contributed by atoms with Gasteiger partial charge in [-0.1, -0.05) is 37.3 Å². The van der Waals surface area contributed by atoms with E-state index in [2.05, 4.69) is 5.32 Å². The molecule has 1 heterocycles. The molecule has 0 radical (unpaired) electrons. The Morgan fingerprint density at radius 2 is 1.91 bits per heavy atom. The summed E-state index contributed by atoms with van der Waals surface area (Å²) in [5.41, 5.74) is 7.90. The molecule has 1 saturated heterocycles. The van der Waals surface area contributed by atoms with Crippen molar-refractivity contribution in [1.29, 1.82) is 0 Å². The Hall–Kier alpha value is -3.06. The molecule has 2 unspecified atom stereocenters. The van der Waals surface area contributed by atoms with Gasteiger partial charge in [-0.25, -0.2) is 4.79 Å². The molecule has 2 atom stereocenters. The summed E-state index contributed by atoms with van der Waals surface area (Å²) in [6.07, 6.45) is 1.97. The molecule has 3 N–H and O–H groups in total. The van der Waals surface area contributed by atoms with E-state index in [-0.39, 0.29) is 18.0 Å². The van der Waals surface area contributed by atoms with Crippen LogP contribution in [0.4, 0.5) is 10.5 Å². The molecular formula is C26H34N2O5. The maximum absolute atomic E-state index is 13.3. The summed E-state index contributed by atoms with van der Waals surface area (Å²) in [6, 6.07) is 12.5. The van der Waals surface area contributed by atoms with Gasteiger partial charge in [0.05, 0.1) is 6.61 Å². The molecule has 7 heteroatoms. The molecule has 1 aliphatic rings. The molecule has 1 amide bonds. The first-order valence-electron chi connectivity index (χ1n) is 11.4. The maximum Gasteiger partial charge on any atom is 0.407 e. The van der Waals surface area contributed by atoms with Crippen LogP contribution in [0.3, 0.4) is 0 Å². The summed E-state index contributed by atoms with van der Waals surface area (Å²) in [5, 5.41) is 2.78. The van der Waals surface area contributed by atoms with E-state index < -0.39 is 11.7 Å². The Bertz CT molecular complexity index is 963. The van der Waals surface area contributed by atoms with Gasteiger partial charge in [0.1, 0.15) is 11.4 Å². The number of anilines is 1. The molecule has 7 nitrogen and oxygen atoms in total. The lowest BCUT2D eigenvalue weighted by Crippen LogP contribution is -2.34. The molecule has 0 saturated carbocycles. The van der Waals surface area contributed by atoms with E-state index in [1.807, 2.05) is 52.0 Å². The Morgan fingerprint density at radius 3 is 2.55 bits per heavy atom. The van der Waals surface area contributed by atoms with Crippen molar-refractivity contribution in [2.24, 2.45) is 0 Å². The maximum atomic E-state index is 13.3. The molecule has 0 bridgehead atoms. The standard InChI is InChI=1S/C26H34N2O5/c1-17(16-28-25(30)33-26(2,3)4)20-14-19(32-22-12-8-9-13-31-22)15-21(23(20)27)24(29)18-10-6-5-7-11-18/h5-7,10-11,14-15,17,22H,8-9,12-13,16,27H2,1-4H3,(H,28,30). The number of hydrogen-bond acceptors (Lipinski definition) is 6. The molecule has 1 fully saturated rings. The SMILES string of the molecule is CC(CNC(=O)OC(C)(C)C)c1cc(OC2CCCCO2)cc(C(=O)c2ccccc2)c1N. The van der Waals surface area contributed by atoms with Gasteiger partial charge in [0, 0.05) is 35.7 Å². The summed E-state index contributed by atoms with van der Waals surface area (Å²) in [6.45, 7) is 8.30. The van der Waals surface area contributed by atoms with Gasteiger partial charge in [-0.3, -0.25) is 4.79 Å². The van der Waals surface area contributed by atoms with E-state index in [0.29, 0.717) is 35.7 Å². The smallest absolute Gasteiger partial charge is 0.407 e. The van der Waals surface area contributed by atoms with Crippen molar-refractivity contribution in [3.63, 3.8) is 0 Å². The minimum Gasteiger partial charge on any atom is -0.465 e. The van der Waals surface area contributed by atoms with Crippen molar-refractivity contribution < 1.29 is 23.8 Å². The first-order chi connectivity index (χ1) is 15.6. The van der Waals surface area contributed by atoms with Crippen LogP contribution in [-0.4, -0.2) is 36.9 Å². The number of carbonyl (C=O) groups excluding carboxylic acids is 2. The molecular weight excluding hydrogens is 420 g/mol. The van der Waals surface area contributed by atoms with Crippen molar-refractivity contribution in [2.75, 3.05) is 18.9 Å². The van der Waals surface area contributed by atoms with Gasteiger partial charge in [0.25, 0.3) is 0 Å². The van der Waals surface area contributed by atoms with Gasteiger partial charge < -0.3 is 25.3 Å². The summed E-state index contributed by atoms with van der Waals surface area (Å²) >= 11 is 0. The van der Waals surface area contributed by atoms with Gasteiger partial charge in [0.2, 0.25) is 0 Å². The zero-order chi connectivity index (χ0) is 24.0. The van der Waals surface area contributed by atoms with Crippen LogP contribution in [0.5, 0.6) is 5.75 Å². The van der Waals surface area contributed by atoms with Crippen LogP contribution < -0.4 is 15.8 Å². The van der Waals surface area contributed by atoms with Crippen molar-refractivity contribution >= 4 is 17.6 Å². The van der Waals surface area contributed by atoms with Crippen LogP contribution in [0, 0.1) is 0 Å². The van der Waals surface area contributed by atoms with Crippen LogP contribution in [0.15, 0.2) is 42.5 Å². The molecule has 33 heavy (non-hydrogen) atoms. The monoisotopic (exact) mass is 454 g/mol. The second-order valence-electron chi connectivity index (χ2n) is 9.37. The lowest BCUT2D eigenvalue weighted by atomic mass is 9.92. The largest absolute Gasteiger partial charge is 0.465 e. The van der Waals surface area contributed by atoms with E-state index in [0.717, 1.165) is 24.8 Å². The molecule has 3 rings (SSSR count). The van der Waals surface area contributed by atoms with Gasteiger partial charge in [0.15, 0.2) is 12.1 Å². The van der Waals surface area contributed by atoms with E-state index in [9.17, 15) is 9.59 Å². The highest BCUT2D eigenvalue weighted by Crippen LogP contribution is 2.33. The Labute approximate surface area is 195 Å². The average molecular weight is 455 g/mol. The van der Waals surface area contributed by atoms with Crippen molar-refractivity contribution in [3.8, 4) is 5.75 Å². The minimum absolute atomic E-state index is 0.184. The van der Waals surface area contributed by atoms with Crippen molar-refractivity contribution in [3.05, 3.63) is 59.2 Å². The molecule has 0 spiro atoms. The topological polar surface area (TPSA) is 99.9 Å². The highest BCUT2D eigenvalue weighted by Gasteiger charge is 2.23. The molecule has 1 aliphatic heterocycles. The quantitative estimate of drug-likeness (QED) is 0.449. The Morgan fingerprint density at radius 1 is 1.18 bits per heavy atom. The lowest BCUT2D eigenvalue weighted by Gasteiger charge is -2.25. The van der Waals surface area contributed by atoms with E-state index in [4.69, 9.17) is 19.9 Å². The Balaban J connectivity index is 1.87. The Kier molecular flexibility index (Phi) is 7.97. The first kappa shape index (κ1) is 24.6. The van der Waals surface area contributed by atoms with Crippen molar-refractivity contribution in [1.82, 2.24) is 5.32 Å². The van der Waals surface area contributed by atoms with Gasteiger partial charge in [-0.05, 0) is 51.3 Å². The van der Waals surface area contributed by atoms with E-state index in [1.54, 1.807) is 18.2 Å². The molecule has 2 aromatic carbocycles. The molecule has 0 aliphatic carbocycles. The number of ketones is 1. The predicted octanol–water partition coefficient (Wildman–Crippen LogP) is 5.03. The van der Waals surface area contributed by atoms with E-state index in [1.165, 1.54) is 0 Å². The third-order valence-corrected chi connectivity index (χ3v) is 5.35. The lowest BCUT2D eigenvalue weighted by molar-refractivity contribution is -0.105. The number of nitrogen functional groups attached to an aromatic ring is 1. The van der Waals surface area contributed by atoms with Crippen LogP contribution in [-0.2, 0) is 9.47 Å². The number of nitrogens with one attached hydrogen (secondary N) is 1. The summed E-state index contributed by atoms with van der Waals surface area (Å²) in [4.78, 5) is 25.4. The fourth-order valence-electron chi connectivity index (χ4n) is 3.67. The van der Waals surface area contributed by atoms with Crippen LogP contribution >= 0.6 is 0 Å². The van der Waals surface area contributed by atoms with Crippen LogP contribution in [0.1, 0.15) is 74.4 Å². The summed E-state index contributed by atoms with van der Waals surface area (Å²) < 4.78 is 17.1. The molecule has 2 aromatic rings. The number of nitrogens with two attached hydrogens (primary N) is 1. The third-order valence-electron chi connectivity index (χ3n) is 5.35. The van der Waals surface area contributed by atoms with E-state index >= 15 is 0 Å². The number of alkyl carbamates (subject to hydrolysis) is 1. The number of ether oxygens (including phenoxy) is 3. The number of hydrogen-bond donors (Lipinski definition) is 2. The van der Waals surface area contributed by atoms with Crippen LogP contribution in [0.2, 0.25) is 0 Å². The normalized spacial score (nSPS) is 17.2. The summed E-state index contributed by atoms with van der Waals surface area (Å²) in [7, 11) is 0. The molecule has 178 valence electrons. The zero-order valence-corrected chi connectivity index (χ0v) is 19.9.